The van der Waals surface area contributed by atoms with Gasteiger partial charge < -0.3 is 15.5 Å². The topological polar surface area (TPSA) is 60.5 Å². The highest BCUT2D eigenvalue weighted by atomic mass is 35.5. The van der Waals surface area contributed by atoms with E-state index >= 15 is 0 Å². The van der Waals surface area contributed by atoms with Gasteiger partial charge in [0.15, 0.2) is 0 Å². The van der Waals surface area contributed by atoms with Gasteiger partial charge in [-0.05, 0) is 64.5 Å². The molecule has 2 amide bonds. The summed E-state index contributed by atoms with van der Waals surface area (Å²) in [5.74, 6) is 0. The Labute approximate surface area is 148 Å². The number of nitrogens with one attached hydrogen (secondary N) is 2. The number of aromatic nitrogens is 1. The molecule has 0 radical (unpaired) electrons. The standard InChI is InChI=1S/C17H26ClN5O/c1-22-9-6-15(7-10-22)23-8-2-3-14(12-23)21-17(24)20-13-4-5-16(18)19-11-13/h4-5,11,14-15H,2-3,6-10,12H2,1H3,(H2,20,21,24). The molecule has 0 aliphatic carbocycles. The van der Waals surface area contributed by atoms with E-state index < -0.39 is 0 Å². The Kier molecular flexibility index (Phi) is 5.92. The van der Waals surface area contributed by atoms with Gasteiger partial charge in [-0.15, -0.1) is 0 Å². The fraction of sp³-hybridized carbons (Fsp3) is 0.647. The minimum atomic E-state index is -0.172. The lowest BCUT2D eigenvalue weighted by molar-refractivity contribution is 0.0900. The number of carbonyl (C=O) groups is 1. The zero-order valence-electron chi connectivity index (χ0n) is 14.2. The van der Waals surface area contributed by atoms with Gasteiger partial charge in [-0.2, -0.15) is 0 Å². The molecule has 3 rings (SSSR count). The Morgan fingerprint density at radius 2 is 2.04 bits per heavy atom. The van der Waals surface area contributed by atoms with Gasteiger partial charge in [-0.1, -0.05) is 11.6 Å². The third-order valence-electron chi connectivity index (χ3n) is 4.98. The van der Waals surface area contributed by atoms with Crippen molar-refractivity contribution in [3.05, 3.63) is 23.5 Å². The molecule has 0 aromatic carbocycles. The first-order valence-corrected chi connectivity index (χ1v) is 9.09. The van der Waals surface area contributed by atoms with Crippen LogP contribution in [0.1, 0.15) is 25.7 Å². The highest BCUT2D eigenvalue weighted by molar-refractivity contribution is 6.29. The molecule has 1 aromatic rings. The second-order valence-corrected chi connectivity index (χ2v) is 7.22. The zero-order valence-corrected chi connectivity index (χ0v) is 14.9. The molecule has 24 heavy (non-hydrogen) atoms. The number of halogens is 1. The number of rotatable bonds is 3. The van der Waals surface area contributed by atoms with Gasteiger partial charge in [-0.25, -0.2) is 9.78 Å². The first kappa shape index (κ1) is 17.5. The minimum Gasteiger partial charge on any atom is -0.334 e. The van der Waals surface area contributed by atoms with Crippen LogP contribution < -0.4 is 10.6 Å². The summed E-state index contributed by atoms with van der Waals surface area (Å²) >= 11 is 5.75. The predicted molar refractivity (Wildman–Crippen MR) is 96.5 cm³/mol. The smallest absolute Gasteiger partial charge is 0.319 e. The van der Waals surface area contributed by atoms with Gasteiger partial charge in [0.05, 0.1) is 11.9 Å². The number of amides is 2. The van der Waals surface area contributed by atoms with Crippen molar-refractivity contribution in [2.75, 3.05) is 38.5 Å². The average molecular weight is 352 g/mol. The van der Waals surface area contributed by atoms with Crippen molar-refractivity contribution in [1.82, 2.24) is 20.1 Å². The molecule has 0 saturated carbocycles. The van der Waals surface area contributed by atoms with Gasteiger partial charge in [0.1, 0.15) is 5.15 Å². The maximum atomic E-state index is 12.2. The van der Waals surface area contributed by atoms with Gasteiger partial charge in [0.2, 0.25) is 0 Å². The number of hydrogen-bond acceptors (Lipinski definition) is 4. The maximum Gasteiger partial charge on any atom is 0.319 e. The van der Waals surface area contributed by atoms with Crippen LogP contribution in [0.15, 0.2) is 18.3 Å². The molecule has 2 aliphatic heterocycles. The highest BCUT2D eigenvalue weighted by Crippen LogP contribution is 2.20. The molecule has 3 heterocycles. The molecule has 0 spiro atoms. The summed E-state index contributed by atoms with van der Waals surface area (Å²) in [5.41, 5.74) is 0.653. The van der Waals surface area contributed by atoms with Crippen molar-refractivity contribution in [2.24, 2.45) is 0 Å². The number of hydrogen-bond donors (Lipinski definition) is 2. The van der Waals surface area contributed by atoms with Crippen LogP contribution in [0, 0.1) is 0 Å². The summed E-state index contributed by atoms with van der Waals surface area (Å²) in [4.78, 5) is 21.1. The van der Waals surface area contributed by atoms with Crippen LogP contribution in [0.25, 0.3) is 0 Å². The molecule has 0 bridgehead atoms. The first-order valence-electron chi connectivity index (χ1n) is 8.72. The van der Waals surface area contributed by atoms with E-state index in [1.165, 1.54) is 25.9 Å². The van der Waals surface area contributed by atoms with Crippen molar-refractivity contribution in [3.63, 3.8) is 0 Å². The van der Waals surface area contributed by atoms with Crippen molar-refractivity contribution < 1.29 is 4.79 Å². The Bertz CT molecular complexity index is 544. The molecule has 6 nitrogen and oxygen atoms in total. The van der Waals surface area contributed by atoms with Crippen LogP contribution in [-0.4, -0.2) is 66.1 Å². The zero-order chi connectivity index (χ0) is 16.9. The molecule has 1 atom stereocenters. The molecule has 7 heteroatoms. The van der Waals surface area contributed by atoms with Gasteiger partial charge in [-0.3, -0.25) is 4.90 Å². The van der Waals surface area contributed by atoms with Crippen molar-refractivity contribution in [2.45, 2.75) is 37.8 Å². The number of nitrogens with zero attached hydrogens (tertiary/aromatic N) is 3. The number of carbonyl (C=O) groups excluding carboxylic acids is 1. The van der Waals surface area contributed by atoms with E-state index in [0.717, 1.165) is 25.9 Å². The number of anilines is 1. The lowest BCUT2D eigenvalue weighted by Gasteiger charge is -2.41. The van der Waals surface area contributed by atoms with Crippen LogP contribution in [0.5, 0.6) is 0 Å². The molecule has 2 fully saturated rings. The summed E-state index contributed by atoms with van der Waals surface area (Å²) in [7, 11) is 2.19. The van der Waals surface area contributed by atoms with E-state index in [2.05, 4.69) is 32.5 Å². The third-order valence-corrected chi connectivity index (χ3v) is 5.20. The molecule has 2 aliphatic rings. The lowest BCUT2D eigenvalue weighted by Crippen LogP contribution is -2.53. The summed E-state index contributed by atoms with van der Waals surface area (Å²) in [6.45, 7) is 4.43. The Morgan fingerprint density at radius 3 is 2.75 bits per heavy atom. The lowest BCUT2D eigenvalue weighted by atomic mass is 9.98. The van der Waals surface area contributed by atoms with Gasteiger partial charge in [0, 0.05) is 18.6 Å². The minimum absolute atomic E-state index is 0.172. The Morgan fingerprint density at radius 1 is 1.25 bits per heavy atom. The van der Waals surface area contributed by atoms with Crippen molar-refractivity contribution in [1.29, 1.82) is 0 Å². The second-order valence-electron chi connectivity index (χ2n) is 6.84. The largest absolute Gasteiger partial charge is 0.334 e. The number of likely N-dealkylation sites (tertiary alicyclic amines) is 2. The third kappa shape index (κ3) is 4.82. The maximum absolute atomic E-state index is 12.2. The second kappa shape index (κ2) is 8.14. The molecule has 1 unspecified atom stereocenters. The van der Waals surface area contributed by atoms with Gasteiger partial charge in [0.25, 0.3) is 0 Å². The summed E-state index contributed by atoms with van der Waals surface area (Å²) in [6, 6.07) is 4.11. The molecule has 2 N–H and O–H groups in total. The molecule has 1 aromatic heterocycles. The van der Waals surface area contributed by atoms with Crippen LogP contribution in [-0.2, 0) is 0 Å². The molecular weight excluding hydrogens is 326 g/mol. The summed E-state index contributed by atoms with van der Waals surface area (Å²) < 4.78 is 0. The summed E-state index contributed by atoms with van der Waals surface area (Å²) in [6.07, 6.45) is 6.19. The predicted octanol–water partition coefficient (Wildman–Crippen LogP) is 2.42. The normalized spacial score (nSPS) is 23.8. The van der Waals surface area contributed by atoms with E-state index in [0.29, 0.717) is 16.9 Å². The van der Waals surface area contributed by atoms with Crippen LogP contribution in [0.4, 0.5) is 10.5 Å². The molecular formula is C17H26ClN5O. The monoisotopic (exact) mass is 351 g/mol. The Hall–Kier alpha value is -1.37. The number of piperidine rings is 2. The first-order chi connectivity index (χ1) is 11.6. The van der Waals surface area contributed by atoms with Crippen LogP contribution >= 0.6 is 11.6 Å². The van der Waals surface area contributed by atoms with E-state index in [1.807, 2.05) is 0 Å². The average Bonchev–Trinajstić information content (AvgIpc) is 2.58. The van der Waals surface area contributed by atoms with E-state index in [1.54, 1.807) is 18.3 Å². The van der Waals surface area contributed by atoms with Crippen LogP contribution in [0.2, 0.25) is 5.15 Å². The Balaban J connectivity index is 1.47. The SMILES string of the molecule is CN1CCC(N2CCCC(NC(=O)Nc3ccc(Cl)nc3)C2)CC1. The fourth-order valence-corrected chi connectivity index (χ4v) is 3.73. The van der Waals surface area contributed by atoms with Crippen LogP contribution in [0.3, 0.4) is 0 Å². The highest BCUT2D eigenvalue weighted by Gasteiger charge is 2.28. The molecule has 132 valence electrons. The van der Waals surface area contributed by atoms with Crippen molar-refractivity contribution >= 4 is 23.3 Å². The van der Waals surface area contributed by atoms with E-state index in [4.69, 9.17) is 11.6 Å². The van der Waals surface area contributed by atoms with Gasteiger partial charge >= 0.3 is 6.03 Å². The van der Waals surface area contributed by atoms with Crippen molar-refractivity contribution in [3.8, 4) is 0 Å². The van der Waals surface area contributed by atoms with E-state index in [9.17, 15) is 4.79 Å². The number of urea groups is 1. The molecule has 2 saturated heterocycles. The summed E-state index contributed by atoms with van der Waals surface area (Å²) in [5, 5.41) is 6.34. The van der Waals surface area contributed by atoms with E-state index in [-0.39, 0.29) is 12.1 Å². The number of pyridine rings is 1. The quantitative estimate of drug-likeness (QED) is 0.821. The fourth-order valence-electron chi connectivity index (χ4n) is 3.62.